The Morgan fingerprint density at radius 2 is 1.94 bits per heavy atom. The third-order valence-corrected chi connectivity index (χ3v) is 6.89. The van der Waals surface area contributed by atoms with Crippen molar-refractivity contribution in [1.82, 2.24) is 20.1 Å². The third kappa shape index (κ3) is 5.02. The Hall–Kier alpha value is -2.97. The van der Waals surface area contributed by atoms with Gasteiger partial charge in [0, 0.05) is 63.9 Å². The van der Waals surface area contributed by atoms with Crippen LogP contribution in [0.3, 0.4) is 0 Å². The van der Waals surface area contributed by atoms with Gasteiger partial charge in [-0.1, -0.05) is 24.3 Å². The Morgan fingerprint density at radius 1 is 1.15 bits per heavy atom. The van der Waals surface area contributed by atoms with Crippen LogP contribution in [0.5, 0.6) is 0 Å². The lowest BCUT2D eigenvalue weighted by Gasteiger charge is -2.32. The van der Waals surface area contributed by atoms with Crippen molar-refractivity contribution in [3.8, 4) is 0 Å². The van der Waals surface area contributed by atoms with Gasteiger partial charge in [-0.05, 0) is 36.1 Å². The molecule has 174 valence electrons. The summed E-state index contributed by atoms with van der Waals surface area (Å²) in [6.07, 6.45) is 4.37. The molecule has 2 aromatic rings. The molecule has 0 unspecified atom stereocenters. The fourth-order valence-corrected chi connectivity index (χ4v) is 5.01. The second-order valence-electron chi connectivity index (χ2n) is 9.18. The number of nitrogens with zero attached hydrogens (tertiary/aromatic N) is 3. The molecule has 3 aliphatic heterocycles. The molecule has 1 aromatic heterocycles. The van der Waals surface area contributed by atoms with Crippen LogP contribution in [-0.4, -0.2) is 71.2 Å². The van der Waals surface area contributed by atoms with E-state index >= 15 is 0 Å². The number of ether oxygens (including phenoxy) is 1. The van der Waals surface area contributed by atoms with Crippen LogP contribution >= 0.6 is 0 Å². The topological polar surface area (TPSA) is 86.8 Å². The van der Waals surface area contributed by atoms with Crippen molar-refractivity contribution in [2.24, 2.45) is 0 Å². The number of carbonyl (C=O) groups excluding carboxylic acids is 2. The molecule has 4 heterocycles. The lowest BCUT2D eigenvalue weighted by atomic mass is 9.99. The predicted octanol–water partition coefficient (Wildman–Crippen LogP) is 2.02. The largest absolute Gasteiger partial charge is 0.367 e. The quantitative estimate of drug-likeness (QED) is 0.726. The van der Waals surface area contributed by atoms with E-state index in [1.807, 2.05) is 4.90 Å². The number of fused-ring (bicyclic) bond motifs is 2. The Labute approximate surface area is 194 Å². The summed E-state index contributed by atoms with van der Waals surface area (Å²) in [6, 6.07) is 12.3. The van der Waals surface area contributed by atoms with E-state index in [-0.39, 0.29) is 30.2 Å². The van der Waals surface area contributed by atoms with Crippen LogP contribution in [0.2, 0.25) is 0 Å². The van der Waals surface area contributed by atoms with Gasteiger partial charge in [0.25, 0.3) is 5.91 Å². The molecule has 8 heteroatoms. The van der Waals surface area contributed by atoms with E-state index in [1.54, 1.807) is 25.3 Å². The molecule has 33 heavy (non-hydrogen) atoms. The number of hydrogen-bond donors (Lipinski definition) is 2. The van der Waals surface area contributed by atoms with Crippen LogP contribution in [0.4, 0.5) is 5.82 Å². The maximum atomic E-state index is 12.8. The Kier molecular flexibility index (Phi) is 6.28. The fraction of sp³-hybridized carbons (Fsp3) is 0.480. The lowest BCUT2D eigenvalue weighted by molar-refractivity contribution is -0.129. The number of pyridine rings is 1. The van der Waals surface area contributed by atoms with Crippen molar-refractivity contribution < 1.29 is 14.3 Å². The molecule has 0 bridgehead atoms. The number of piperidine rings is 1. The number of hydrogen-bond acceptors (Lipinski definition) is 6. The number of anilines is 1. The average Bonchev–Trinajstić information content (AvgIpc) is 3.23. The summed E-state index contributed by atoms with van der Waals surface area (Å²) < 4.78 is 6.22. The highest BCUT2D eigenvalue weighted by molar-refractivity contribution is 5.94. The van der Waals surface area contributed by atoms with E-state index in [0.29, 0.717) is 17.9 Å². The number of aromatic nitrogens is 1. The zero-order valence-corrected chi connectivity index (χ0v) is 19.0. The first-order valence-electron chi connectivity index (χ1n) is 11.8. The van der Waals surface area contributed by atoms with Gasteiger partial charge in [-0.15, -0.1) is 0 Å². The number of nitrogens with one attached hydrogen (secondary N) is 2. The average molecular weight is 450 g/mol. The molecule has 3 aliphatic rings. The highest BCUT2D eigenvalue weighted by Crippen LogP contribution is 2.29. The van der Waals surface area contributed by atoms with Gasteiger partial charge in [0.15, 0.2) is 0 Å². The number of carbonyl (C=O) groups is 2. The van der Waals surface area contributed by atoms with Crippen molar-refractivity contribution >= 4 is 17.6 Å². The monoisotopic (exact) mass is 449 g/mol. The first-order chi connectivity index (χ1) is 16.0. The minimum atomic E-state index is -0.122. The van der Waals surface area contributed by atoms with Gasteiger partial charge in [-0.2, -0.15) is 0 Å². The van der Waals surface area contributed by atoms with E-state index in [4.69, 9.17) is 4.74 Å². The summed E-state index contributed by atoms with van der Waals surface area (Å²) in [7, 11) is 0. The molecule has 2 fully saturated rings. The van der Waals surface area contributed by atoms with Gasteiger partial charge in [-0.3, -0.25) is 14.5 Å². The van der Waals surface area contributed by atoms with Crippen LogP contribution in [0.15, 0.2) is 42.6 Å². The van der Waals surface area contributed by atoms with E-state index in [0.717, 1.165) is 45.4 Å². The number of likely N-dealkylation sites (tertiary alicyclic amines) is 1. The van der Waals surface area contributed by atoms with Crippen molar-refractivity contribution in [2.75, 3.05) is 31.5 Å². The predicted molar refractivity (Wildman–Crippen MR) is 125 cm³/mol. The summed E-state index contributed by atoms with van der Waals surface area (Å²) in [6.45, 7) is 5.31. The summed E-state index contributed by atoms with van der Waals surface area (Å²) in [4.78, 5) is 32.9. The molecule has 2 N–H and O–H groups in total. The first-order valence-corrected chi connectivity index (χ1v) is 11.8. The summed E-state index contributed by atoms with van der Waals surface area (Å²) >= 11 is 0. The van der Waals surface area contributed by atoms with Crippen molar-refractivity contribution in [3.63, 3.8) is 0 Å². The molecule has 2 saturated heterocycles. The van der Waals surface area contributed by atoms with E-state index in [2.05, 4.69) is 44.8 Å². The molecule has 8 nitrogen and oxygen atoms in total. The van der Waals surface area contributed by atoms with Gasteiger partial charge in [0.05, 0.1) is 6.10 Å². The second kappa shape index (κ2) is 9.49. The first kappa shape index (κ1) is 21.9. The minimum absolute atomic E-state index is 0.0147. The second-order valence-corrected chi connectivity index (χ2v) is 9.18. The Balaban J connectivity index is 1.11. The lowest BCUT2D eigenvalue weighted by Crippen LogP contribution is -2.41. The highest BCUT2D eigenvalue weighted by atomic mass is 16.5. The summed E-state index contributed by atoms with van der Waals surface area (Å²) in [5.74, 6) is 0.691. The molecule has 0 aliphatic carbocycles. The highest BCUT2D eigenvalue weighted by Gasteiger charge is 2.36. The molecular formula is C25H31N5O3. The number of rotatable bonds is 5. The molecule has 0 saturated carbocycles. The number of benzene rings is 1. The van der Waals surface area contributed by atoms with Crippen LogP contribution < -0.4 is 10.6 Å². The third-order valence-electron chi connectivity index (χ3n) is 6.89. The van der Waals surface area contributed by atoms with Crippen molar-refractivity contribution in [2.45, 2.75) is 51.1 Å². The summed E-state index contributed by atoms with van der Waals surface area (Å²) in [5.41, 5.74) is 3.30. The SMILES string of the molecule is CC(=O)N1CCC(Nc2cc(C(=O)NC[C@H]3CN4Cc5ccccc5C[C@H]4O3)ccn2)CC1. The van der Waals surface area contributed by atoms with Crippen molar-refractivity contribution in [3.05, 3.63) is 59.3 Å². The molecule has 5 rings (SSSR count). The van der Waals surface area contributed by atoms with Gasteiger partial charge < -0.3 is 20.3 Å². The minimum Gasteiger partial charge on any atom is -0.367 e. The zero-order valence-electron chi connectivity index (χ0n) is 19.0. The van der Waals surface area contributed by atoms with E-state index in [1.165, 1.54) is 11.1 Å². The van der Waals surface area contributed by atoms with Crippen LogP contribution in [0.25, 0.3) is 0 Å². The van der Waals surface area contributed by atoms with Gasteiger partial charge in [-0.25, -0.2) is 4.98 Å². The Morgan fingerprint density at radius 3 is 2.73 bits per heavy atom. The van der Waals surface area contributed by atoms with Crippen LogP contribution in [0, 0.1) is 0 Å². The summed E-state index contributed by atoms with van der Waals surface area (Å²) in [5, 5.41) is 6.45. The van der Waals surface area contributed by atoms with E-state index in [9.17, 15) is 9.59 Å². The van der Waals surface area contributed by atoms with Crippen LogP contribution in [-0.2, 0) is 22.5 Å². The van der Waals surface area contributed by atoms with Gasteiger partial charge in [0.2, 0.25) is 5.91 Å². The fourth-order valence-electron chi connectivity index (χ4n) is 5.01. The van der Waals surface area contributed by atoms with Crippen molar-refractivity contribution in [1.29, 1.82) is 0 Å². The Bertz CT molecular complexity index is 988. The maximum Gasteiger partial charge on any atom is 0.251 e. The van der Waals surface area contributed by atoms with Crippen LogP contribution in [0.1, 0.15) is 41.3 Å². The zero-order chi connectivity index (χ0) is 22.8. The molecule has 2 atom stereocenters. The standard InChI is InChI=1S/C25H31N5O3/c1-17(31)29-10-7-21(8-11-29)28-23-12-19(6-9-26-23)25(32)27-14-22-16-30-15-20-5-3-2-4-18(20)13-24(30)33-22/h2-6,9,12,21-22,24H,7-8,10-11,13-16H2,1H3,(H,26,28)(H,27,32)/t22-,24+/m0/s1. The molecule has 0 radical (unpaired) electrons. The molecule has 2 amide bonds. The molecule has 1 aromatic carbocycles. The molecular weight excluding hydrogens is 418 g/mol. The van der Waals surface area contributed by atoms with Gasteiger partial charge >= 0.3 is 0 Å². The maximum absolute atomic E-state index is 12.8. The van der Waals surface area contributed by atoms with Gasteiger partial charge in [0.1, 0.15) is 12.0 Å². The smallest absolute Gasteiger partial charge is 0.251 e. The number of amides is 2. The van der Waals surface area contributed by atoms with E-state index < -0.39 is 0 Å². The normalized spacial score (nSPS) is 23.0. The molecule has 0 spiro atoms.